The highest BCUT2D eigenvalue weighted by atomic mass is 14.9. The summed E-state index contributed by atoms with van der Waals surface area (Å²) in [5.41, 5.74) is 21.1. The molecule has 6 heteroatoms. The summed E-state index contributed by atoms with van der Waals surface area (Å²) in [7, 11) is 0. The van der Waals surface area contributed by atoms with Gasteiger partial charge in [0.2, 0.25) is 0 Å². The molecule has 218 valence electrons. The minimum atomic E-state index is -0.175. The fourth-order valence-electron chi connectivity index (χ4n) is 4.89. The molecule has 0 aliphatic carbocycles. The Hall–Kier alpha value is -5.87. The topological polar surface area (TPSA) is 135 Å². The zero-order valence-corrected chi connectivity index (χ0v) is 25.3. The Kier molecular flexibility index (Phi) is 11.8. The second kappa shape index (κ2) is 15.9. The summed E-state index contributed by atoms with van der Waals surface area (Å²) < 4.78 is 0. The van der Waals surface area contributed by atoms with E-state index in [-0.39, 0.29) is 6.04 Å². The van der Waals surface area contributed by atoms with Crippen LogP contribution in [0.1, 0.15) is 60.2 Å². The Morgan fingerprint density at radius 3 is 1.39 bits per heavy atom. The molecule has 44 heavy (non-hydrogen) atoms. The van der Waals surface area contributed by atoms with Gasteiger partial charge in [-0.1, -0.05) is 97.6 Å². The van der Waals surface area contributed by atoms with Crippen molar-refractivity contribution in [2.75, 3.05) is 0 Å². The van der Waals surface area contributed by atoms with Gasteiger partial charge in [-0.25, -0.2) is 0 Å². The van der Waals surface area contributed by atoms with Gasteiger partial charge in [-0.2, -0.15) is 15.8 Å². The molecule has 0 saturated heterocycles. The zero-order valence-electron chi connectivity index (χ0n) is 25.3. The molecule has 0 atom stereocenters. The van der Waals surface area contributed by atoms with Crippen LogP contribution in [-0.2, 0) is 6.54 Å². The van der Waals surface area contributed by atoms with Crippen LogP contribution in [0.25, 0.3) is 16.7 Å². The van der Waals surface area contributed by atoms with Crippen LogP contribution in [0.2, 0.25) is 0 Å². The number of nitrogens with two attached hydrogens (primary N) is 2. The number of nitrogens with one attached hydrogen (secondary N) is 1. The molecular formula is C38H36N6. The third-order valence-corrected chi connectivity index (χ3v) is 7.39. The maximum absolute atomic E-state index is 9.52. The van der Waals surface area contributed by atoms with Crippen LogP contribution in [0, 0.1) is 34.0 Å². The molecule has 0 aliphatic rings. The molecule has 0 bridgehead atoms. The van der Waals surface area contributed by atoms with Gasteiger partial charge in [-0.15, -0.1) is 0 Å². The van der Waals surface area contributed by atoms with Crippen LogP contribution in [0.15, 0.2) is 127 Å². The van der Waals surface area contributed by atoms with Crippen LogP contribution in [0.3, 0.4) is 0 Å². The first-order chi connectivity index (χ1) is 21.4. The fraction of sp³-hybridized carbons (Fsp3) is 0.132. The molecule has 0 unspecified atom stereocenters. The molecule has 5 N–H and O–H groups in total. The van der Waals surface area contributed by atoms with Crippen molar-refractivity contribution in [3.8, 4) is 18.2 Å². The van der Waals surface area contributed by atoms with Crippen molar-refractivity contribution in [3.05, 3.63) is 160 Å². The van der Waals surface area contributed by atoms with E-state index in [1.165, 1.54) is 12.4 Å². The highest BCUT2D eigenvalue weighted by Crippen LogP contribution is 2.29. The number of allylic oxidation sites excluding steroid dienone is 9. The molecule has 0 aliphatic heterocycles. The predicted molar refractivity (Wildman–Crippen MR) is 179 cm³/mol. The van der Waals surface area contributed by atoms with E-state index in [9.17, 15) is 15.8 Å². The zero-order chi connectivity index (χ0) is 32.1. The van der Waals surface area contributed by atoms with Crippen molar-refractivity contribution in [3.63, 3.8) is 0 Å². The van der Waals surface area contributed by atoms with Crippen LogP contribution in [0.5, 0.6) is 0 Å². The number of hydrogen-bond donors (Lipinski definition) is 3. The molecule has 0 saturated carbocycles. The molecule has 0 heterocycles. The second-order valence-electron chi connectivity index (χ2n) is 9.84. The number of nitriles is 3. The van der Waals surface area contributed by atoms with Gasteiger partial charge in [0.25, 0.3) is 0 Å². The molecule has 3 aromatic carbocycles. The maximum atomic E-state index is 9.52. The maximum Gasteiger partial charge on any atom is 0.0995 e. The van der Waals surface area contributed by atoms with Gasteiger partial charge in [-0.05, 0) is 59.7 Å². The normalized spacial score (nSPS) is 12.8. The minimum Gasteiger partial charge on any atom is -0.404 e. The molecule has 0 radical (unpaired) electrons. The third kappa shape index (κ3) is 7.50. The Labute approximate surface area is 260 Å². The largest absolute Gasteiger partial charge is 0.404 e. The van der Waals surface area contributed by atoms with Crippen molar-refractivity contribution in [2.24, 2.45) is 11.5 Å². The summed E-state index contributed by atoms with van der Waals surface area (Å²) >= 11 is 0. The number of nitrogens with zero attached hydrogens (tertiary/aromatic N) is 3. The summed E-state index contributed by atoms with van der Waals surface area (Å²) in [6.45, 7) is 10.1. The van der Waals surface area contributed by atoms with Crippen molar-refractivity contribution in [1.82, 2.24) is 5.32 Å². The van der Waals surface area contributed by atoms with Gasteiger partial charge in [-0.3, -0.25) is 0 Å². The second-order valence-corrected chi connectivity index (χ2v) is 9.84. The van der Waals surface area contributed by atoms with Crippen molar-refractivity contribution >= 4 is 16.7 Å². The average Bonchev–Trinajstić information content (AvgIpc) is 3.07. The molecule has 3 rings (SSSR count). The highest BCUT2D eigenvalue weighted by Gasteiger charge is 2.17. The lowest BCUT2D eigenvalue weighted by Gasteiger charge is -2.21. The van der Waals surface area contributed by atoms with Crippen LogP contribution < -0.4 is 16.8 Å². The molecule has 6 nitrogen and oxygen atoms in total. The van der Waals surface area contributed by atoms with E-state index in [1.807, 2.05) is 93.6 Å². The quantitative estimate of drug-likeness (QED) is 0.159. The Morgan fingerprint density at radius 2 is 1.05 bits per heavy atom. The van der Waals surface area contributed by atoms with Gasteiger partial charge >= 0.3 is 0 Å². The number of hydrogen-bond acceptors (Lipinski definition) is 6. The monoisotopic (exact) mass is 576 g/mol. The average molecular weight is 577 g/mol. The summed E-state index contributed by atoms with van der Waals surface area (Å²) in [5, 5.41) is 32.1. The van der Waals surface area contributed by atoms with Gasteiger partial charge < -0.3 is 16.8 Å². The fourth-order valence-corrected chi connectivity index (χ4v) is 4.89. The SMILES string of the molecule is C=C(/C(C#N)=C\C)c1ccc(CNC(c2ccc(C(=C/N)/C(C#N)=C\C)cc2)c2ccc(C(=C/N)/C(C#N)=C\C)cc2)cc1. The van der Waals surface area contributed by atoms with Crippen molar-refractivity contribution in [1.29, 1.82) is 15.8 Å². The predicted octanol–water partition coefficient (Wildman–Crippen LogP) is 7.59. The lowest BCUT2D eigenvalue weighted by atomic mass is 9.92. The summed E-state index contributed by atoms with van der Waals surface area (Å²) in [6.07, 6.45) is 8.16. The highest BCUT2D eigenvalue weighted by molar-refractivity contribution is 5.83. The van der Waals surface area contributed by atoms with Gasteiger partial charge in [0, 0.05) is 30.1 Å². The van der Waals surface area contributed by atoms with E-state index in [0.29, 0.717) is 40.0 Å². The van der Waals surface area contributed by atoms with Crippen molar-refractivity contribution in [2.45, 2.75) is 33.4 Å². The van der Waals surface area contributed by atoms with Crippen LogP contribution in [-0.4, -0.2) is 0 Å². The molecule has 0 spiro atoms. The Balaban J connectivity index is 1.97. The standard InChI is InChI=1S/C38H36N6/c1-5-28(20-39)26(4)31-10-8-27(9-11-31)25-44-38(34-16-12-32(13-17-34)36(23-42)29(6-2)21-40)35-18-14-33(15-19-35)37(24-43)30(7-3)22-41/h5-19,23-24,38,44H,4,25,42-43H2,1-3H3/b28-5-,29-6-,30-7-,36-23+,37-24+. The number of rotatable bonds is 11. The third-order valence-electron chi connectivity index (χ3n) is 7.39. The molecule has 0 fully saturated rings. The summed E-state index contributed by atoms with van der Waals surface area (Å²) in [4.78, 5) is 0. The smallest absolute Gasteiger partial charge is 0.0995 e. The van der Waals surface area contributed by atoms with Gasteiger partial charge in [0.1, 0.15) is 0 Å². The van der Waals surface area contributed by atoms with E-state index >= 15 is 0 Å². The number of benzene rings is 3. The Morgan fingerprint density at radius 1 is 0.659 bits per heavy atom. The van der Waals surface area contributed by atoms with E-state index in [4.69, 9.17) is 11.5 Å². The lowest BCUT2D eigenvalue weighted by molar-refractivity contribution is 0.605. The minimum absolute atomic E-state index is 0.175. The van der Waals surface area contributed by atoms with E-state index in [2.05, 4.69) is 30.1 Å². The van der Waals surface area contributed by atoms with E-state index < -0.39 is 0 Å². The molecule has 0 aromatic heterocycles. The van der Waals surface area contributed by atoms with Crippen molar-refractivity contribution < 1.29 is 0 Å². The first-order valence-electron chi connectivity index (χ1n) is 14.2. The van der Waals surface area contributed by atoms with E-state index in [0.717, 1.165) is 33.4 Å². The summed E-state index contributed by atoms with van der Waals surface area (Å²) in [6, 6.07) is 30.4. The molecular weight excluding hydrogens is 540 g/mol. The van der Waals surface area contributed by atoms with Gasteiger partial charge in [0.15, 0.2) is 0 Å². The van der Waals surface area contributed by atoms with E-state index in [1.54, 1.807) is 18.2 Å². The molecule has 3 aromatic rings. The summed E-state index contributed by atoms with van der Waals surface area (Å²) in [5.74, 6) is 0. The lowest BCUT2D eigenvalue weighted by Crippen LogP contribution is -2.22. The van der Waals surface area contributed by atoms with Crippen LogP contribution >= 0.6 is 0 Å². The molecule has 0 amide bonds. The Bertz CT molecular complexity index is 1670. The first-order valence-corrected chi connectivity index (χ1v) is 14.2. The first kappa shape index (κ1) is 32.6. The van der Waals surface area contributed by atoms with Gasteiger partial charge in [0.05, 0.1) is 41.0 Å². The van der Waals surface area contributed by atoms with Crippen LogP contribution in [0.4, 0.5) is 0 Å².